The molecule has 0 aliphatic carbocycles. The second-order valence-electron chi connectivity index (χ2n) is 3.17. The van der Waals surface area contributed by atoms with Crippen molar-refractivity contribution in [1.82, 2.24) is 10.2 Å². The van der Waals surface area contributed by atoms with Crippen molar-refractivity contribution in [3.63, 3.8) is 0 Å². The first-order valence-corrected chi connectivity index (χ1v) is 4.67. The van der Waals surface area contributed by atoms with Gasteiger partial charge in [-0.3, -0.25) is 0 Å². The van der Waals surface area contributed by atoms with Crippen molar-refractivity contribution in [2.24, 2.45) is 0 Å². The van der Waals surface area contributed by atoms with Crippen LogP contribution in [0.1, 0.15) is 0 Å². The molecule has 7 heteroatoms. The maximum Gasteiger partial charge on any atom is 0.329 e. The Hall–Kier alpha value is -2.18. The molecule has 2 N–H and O–H groups in total. The summed E-state index contributed by atoms with van der Waals surface area (Å²) in [5, 5.41) is 4.29. The van der Waals surface area contributed by atoms with Gasteiger partial charge < -0.3 is 10.6 Å². The van der Waals surface area contributed by atoms with Crippen molar-refractivity contribution >= 4 is 17.7 Å². The SMILES string of the molecule is CNC(=O)N(C)C(=O)Nc1cc(F)ccc1F. The minimum atomic E-state index is -0.867. The van der Waals surface area contributed by atoms with Gasteiger partial charge in [-0.25, -0.2) is 23.3 Å². The maximum atomic E-state index is 13.2. The Morgan fingerprint density at radius 1 is 1.24 bits per heavy atom. The minimum Gasteiger partial charge on any atom is -0.341 e. The van der Waals surface area contributed by atoms with E-state index in [0.717, 1.165) is 18.2 Å². The summed E-state index contributed by atoms with van der Waals surface area (Å²) in [7, 11) is 2.54. The predicted molar refractivity (Wildman–Crippen MR) is 57.6 cm³/mol. The molecule has 0 bridgehead atoms. The number of carbonyl (C=O) groups is 2. The number of carbonyl (C=O) groups excluding carboxylic acids is 2. The summed E-state index contributed by atoms with van der Waals surface area (Å²) in [6.07, 6.45) is 0. The first-order chi connectivity index (χ1) is 7.95. The lowest BCUT2D eigenvalue weighted by Gasteiger charge is -2.15. The molecule has 0 saturated carbocycles. The van der Waals surface area contributed by atoms with Gasteiger partial charge in [-0.1, -0.05) is 0 Å². The fraction of sp³-hybridized carbons (Fsp3) is 0.200. The summed E-state index contributed by atoms with van der Waals surface area (Å²) in [6.45, 7) is 0. The van der Waals surface area contributed by atoms with E-state index in [1.54, 1.807) is 0 Å². The Morgan fingerprint density at radius 3 is 2.47 bits per heavy atom. The van der Waals surface area contributed by atoms with Crippen LogP contribution in [0, 0.1) is 11.6 Å². The summed E-state index contributed by atoms with van der Waals surface area (Å²) >= 11 is 0. The molecule has 0 aromatic heterocycles. The van der Waals surface area contributed by atoms with Crippen molar-refractivity contribution in [2.75, 3.05) is 19.4 Å². The number of urea groups is 2. The Morgan fingerprint density at radius 2 is 1.88 bits per heavy atom. The molecule has 1 rings (SSSR count). The molecule has 0 unspecified atom stereocenters. The molecule has 1 aromatic carbocycles. The Labute approximate surface area is 96.4 Å². The molecule has 92 valence electrons. The number of nitrogens with one attached hydrogen (secondary N) is 2. The van der Waals surface area contributed by atoms with E-state index in [1.807, 2.05) is 0 Å². The van der Waals surface area contributed by atoms with E-state index >= 15 is 0 Å². The highest BCUT2D eigenvalue weighted by molar-refractivity contribution is 6.00. The quantitative estimate of drug-likeness (QED) is 0.789. The average Bonchev–Trinajstić information content (AvgIpc) is 2.31. The number of nitrogens with zero attached hydrogens (tertiary/aromatic N) is 1. The van der Waals surface area contributed by atoms with Crippen LogP contribution in [0.2, 0.25) is 0 Å². The van der Waals surface area contributed by atoms with Gasteiger partial charge >= 0.3 is 12.1 Å². The number of amides is 4. The minimum absolute atomic E-state index is 0.328. The lowest BCUT2D eigenvalue weighted by atomic mass is 10.3. The Kier molecular flexibility index (Phi) is 3.97. The van der Waals surface area contributed by atoms with E-state index in [1.165, 1.54) is 14.1 Å². The topological polar surface area (TPSA) is 61.4 Å². The van der Waals surface area contributed by atoms with Crippen LogP contribution in [0.5, 0.6) is 0 Å². The first-order valence-electron chi connectivity index (χ1n) is 4.67. The molecular weight excluding hydrogens is 232 g/mol. The number of benzene rings is 1. The van der Waals surface area contributed by atoms with Gasteiger partial charge in [0.1, 0.15) is 11.6 Å². The molecular formula is C10H11F2N3O2. The molecule has 4 amide bonds. The van der Waals surface area contributed by atoms with Crippen LogP contribution in [-0.2, 0) is 0 Å². The van der Waals surface area contributed by atoms with Crippen LogP contribution in [0.4, 0.5) is 24.1 Å². The normalized spacial score (nSPS) is 9.65. The lowest BCUT2D eigenvalue weighted by Crippen LogP contribution is -2.41. The van der Waals surface area contributed by atoms with Gasteiger partial charge in [0, 0.05) is 20.2 Å². The number of imide groups is 1. The van der Waals surface area contributed by atoms with Gasteiger partial charge in [0.25, 0.3) is 0 Å². The molecule has 1 aromatic rings. The monoisotopic (exact) mass is 243 g/mol. The van der Waals surface area contributed by atoms with Crippen molar-refractivity contribution in [3.8, 4) is 0 Å². The average molecular weight is 243 g/mol. The maximum absolute atomic E-state index is 13.2. The zero-order valence-corrected chi connectivity index (χ0v) is 9.25. The molecule has 0 aliphatic heterocycles. The van der Waals surface area contributed by atoms with Crippen LogP contribution in [-0.4, -0.2) is 31.1 Å². The van der Waals surface area contributed by atoms with E-state index in [4.69, 9.17) is 0 Å². The Bertz CT molecular complexity index is 451. The summed E-state index contributed by atoms with van der Waals surface area (Å²) in [4.78, 5) is 23.2. The van der Waals surface area contributed by atoms with E-state index in [0.29, 0.717) is 4.90 Å². The number of anilines is 1. The number of hydrogen-bond acceptors (Lipinski definition) is 2. The molecule has 0 saturated heterocycles. The van der Waals surface area contributed by atoms with Crippen LogP contribution in [0.15, 0.2) is 18.2 Å². The molecule has 0 atom stereocenters. The van der Waals surface area contributed by atoms with Crippen molar-refractivity contribution in [1.29, 1.82) is 0 Å². The predicted octanol–water partition coefficient (Wildman–Crippen LogP) is 1.77. The smallest absolute Gasteiger partial charge is 0.329 e. The van der Waals surface area contributed by atoms with Gasteiger partial charge in [-0.2, -0.15) is 0 Å². The fourth-order valence-corrected chi connectivity index (χ4v) is 1.05. The molecule has 17 heavy (non-hydrogen) atoms. The molecule has 0 aliphatic rings. The van der Waals surface area contributed by atoms with Gasteiger partial charge in [0.05, 0.1) is 5.69 Å². The largest absolute Gasteiger partial charge is 0.341 e. The zero-order chi connectivity index (χ0) is 13.0. The highest BCUT2D eigenvalue weighted by Crippen LogP contribution is 2.15. The summed E-state index contributed by atoms with van der Waals surface area (Å²) < 4.78 is 26.0. The van der Waals surface area contributed by atoms with Crippen LogP contribution >= 0.6 is 0 Å². The Balaban J connectivity index is 2.81. The van der Waals surface area contributed by atoms with E-state index < -0.39 is 23.7 Å². The molecule has 0 fully saturated rings. The molecule has 0 radical (unpaired) electrons. The second kappa shape index (κ2) is 5.24. The standard InChI is InChI=1S/C10H11F2N3O2/c1-13-9(16)15(2)10(17)14-8-5-6(11)3-4-7(8)12/h3-5H,1-2H3,(H,13,16)(H,14,17). The van der Waals surface area contributed by atoms with Crippen LogP contribution in [0.3, 0.4) is 0 Å². The number of halogens is 2. The van der Waals surface area contributed by atoms with Gasteiger partial charge in [0.2, 0.25) is 0 Å². The van der Waals surface area contributed by atoms with Gasteiger partial charge in [0.15, 0.2) is 0 Å². The molecule has 0 heterocycles. The highest BCUT2D eigenvalue weighted by atomic mass is 19.1. The number of hydrogen-bond donors (Lipinski definition) is 2. The summed E-state index contributed by atoms with van der Waals surface area (Å²) in [5.41, 5.74) is -0.328. The third kappa shape index (κ3) is 3.13. The summed E-state index contributed by atoms with van der Waals surface area (Å²) in [5.74, 6) is -1.48. The van der Waals surface area contributed by atoms with Crippen molar-refractivity contribution in [3.05, 3.63) is 29.8 Å². The molecule has 5 nitrogen and oxygen atoms in total. The fourth-order valence-electron chi connectivity index (χ4n) is 1.05. The van der Waals surface area contributed by atoms with Crippen molar-refractivity contribution in [2.45, 2.75) is 0 Å². The third-order valence-corrected chi connectivity index (χ3v) is 1.99. The summed E-state index contributed by atoms with van der Waals surface area (Å²) in [6, 6.07) is 1.09. The lowest BCUT2D eigenvalue weighted by molar-refractivity contribution is 0.203. The van der Waals surface area contributed by atoms with Gasteiger partial charge in [-0.05, 0) is 12.1 Å². The van der Waals surface area contributed by atoms with E-state index in [2.05, 4.69) is 10.6 Å². The van der Waals surface area contributed by atoms with Crippen LogP contribution < -0.4 is 10.6 Å². The zero-order valence-electron chi connectivity index (χ0n) is 9.25. The highest BCUT2D eigenvalue weighted by Gasteiger charge is 2.16. The number of rotatable bonds is 1. The van der Waals surface area contributed by atoms with Gasteiger partial charge in [-0.15, -0.1) is 0 Å². The second-order valence-corrected chi connectivity index (χ2v) is 3.17. The third-order valence-electron chi connectivity index (χ3n) is 1.99. The van der Waals surface area contributed by atoms with Crippen LogP contribution in [0.25, 0.3) is 0 Å². The first kappa shape index (κ1) is 12.9. The molecule has 0 spiro atoms. The van der Waals surface area contributed by atoms with E-state index in [9.17, 15) is 18.4 Å². The van der Waals surface area contributed by atoms with E-state index in [-0.39, 0.29) is 5.69 Å². The van der Waals surface area contributed by atoms with Crippen molar-refractivity contribution < 1.29 is 18.4 Å².